The topological polar surface area (TPSA) is 87.7 Å². The molecule has 0 spiro atoms. The summed E-state index contributed by atoms with van der Waals surface area (Å²) in [5, 5.41) is 12.2. The van der Waals surface area contributed by atoms with Gasteiger partial charge in [0, 0.05) is 19.4 Å². The molecule has 1 aromatic rings. The molecule has 0 aliphatic carbocycles. The minimum absolute atomic E-state index is 0.333. The summed E-state index contributed by atoms with van der Waals surface area (Å²) in [6.07, 6.45) is -1.18. The van der Waals surface area contributed by atoms with Gasteiger partial charge in [0.1, 0.15) is 12.1 Å². The fourth-order valence-electron chi connectivity index (χ4n) is 2.28. The number of ketones is 1. The lowest BCUT2D eigenvalue weighted by Gasteiger charge is -2.23. The highest BCUT2D eigenvalue weighted by molar-refractivity contribution is 6.32. The Labute approximate surface area is 133 Å². The zero-order valence-electron chi connectivity index (χ0n) is 12.5. The van der Waals surface area contributed by atoms with Gasteiger partial charge in [-0.2, -0.15) is 0 Å². The molecule has 1 aliphatic heterocycles. The van der Waals surface area contributed by atoms with Gasteiger partial charge in [-0.25, -0.2) is 0 Å². The largest absolute Gasteiger partial charge is 0.530 e. The first kappa shape index (κ1) is 16.4. The number of hydrogen-bond donors (Lipinski definition) is 1. The molecule has 6 nitrogen and oxygen atoms in total. The highest BCUT2D eigenvalue weighted by atomic mass is 35.5. The fourth-order valence-corrected chi connectivity index (χ4v) is 2.41. The molecule has 22 heavy (non-hydrogen) atoms. The van der Waals surface area contributed by atoms with Crippen LogP contribution in [-0.2, 0) is 4.79 Å². The third kappa shape index (κ3) is 3.27. The van der Waals surface area contributed by atoms with Crippen LogP contribution < -0.4 is 19.9 Å². The van der Waals surface area contributed by atoms with E-state index < -0.39 is 29.1 Å². The lowest BCUT2D eigenvalue weighted by molar-refractivity contribution is -0.251. The molecule has 0 fully saturated rings. The van der Waals surface area contributed by atoms with Crippen molar-refractivity contribution in [2.45, 2.75) is 44.4 Å². The summed E-state index contributed by atoms with van der Waals surface area (Å²) in [6.45, 7) is 5.18. The molecule has 0 radical (unpaired) electrons. The number of carboxylic acid groups (broad SMARTS) is 1. The molecule has 1 heterocycles. The summed E-state index contributed by atoms with van der Waals surface area (Å²) in [4.78, 5) is 23.3. The second kappa shape index (κ2) is 6.04. The predicted octanol–water partition coefficient (Wildman–Crippen LogP) is 1.75. The molecular weight excluding hydrogens is 310 g/mol. The van der Waals surface area contributed by atoms with Gasteiger partial charge in [-0.15, -0.1) is 11.6 Å². The number of carbonyl (C=O) groups excluding carboxylic acids is 2. The van der Waals surface area contributed by atoms with Gasteiger partial charge in [0.15, 0.2) is 17.3 Å². The molecular formula is C15H17ClNO5-. The minimum atomic E-state index is -1.56. The van der Waals surface area contributed by atoms with Gasteiger partial charge >= 0.3 is 0 Å². The Morgan fingerprint density at radius 2 is 2.05 bits per heavy atom. The van der Waals surface area contributed by atoms with Crippen LogP contribution in [0.2, 0.25) is 0 Å². The van der Waals surface area contributed by atoms with Crippen molar-refractivity contribution in [3.8, 4) is 11.5 Å². The van der Waals surface area contributed by atoms with Crippen molar-refractivity contribution in [3.05, 3.63) is 23.8 Å². The standard InChI is InChI=1S/C15H18ClNO5/c1-4-9(16)12(18)11(17-14(19)20)8-6-5-7-10-13(8)22-15(2,3)21-10/h5-7,9,11,17H,4H2,1-3H3,(H,19,20)/p-1. The summed E-state index contributed by atoms with van der Waals surface area (Å²) < 4.78 is 11.3. The van der Waals surface area contributed by atoms with Crippen LogP contribution in [0.1, 0.15) is 38.8 Å². The van der Waals surface area contributed by atoms with Gasteiger partial charge in [-0.05, 0) is 12.5 Å². The molecule has 2 rings (SSSR count). The second-order valence-electron chi connectivity index (χ2n) is 5.42. The number of carbonyl (C=O) groups is 2. The Morgan fingerprint density at radius 3 is 2.64 bits per heavy atom. The third-order valence-electron chi connectivity index (χ3n) is 3.24. The van der Waals surface area contributed by atoms with E-state index in [2.05, 4.69) is 5.32 Å². The molecule has 120 valence electrons. The van der Waals surface area contributed by atoms with Crippen LogP contribution in [0.15, 0.2) is 18.2 Å². The Balaban J connectivity index is 2.44. The van der Waals surface area contributed by atoms with E-state index in [1.807, 2.05) is 0 Å². The van der Waals surface area contributed by atoms with Crippen LogP contribution >= 0.6 is 11.6 Å². The molecule has 7 heteroatoms. The average molecular weight is 327 g/mol. The number of nitrogens with one attached hydrogen (secondary N) is 1. The van der Waals surface area contributed by atoms with Crippen LogP contribution in [0, 0.1) is 0 Å². The van der Waals surface area contributed by atoms with Gasteiger partial charge < -0.3 is 24.7 Å². The Kier molecular flexibility index (Phi) is 4.51. The quantitative estimate of drug-likeness (QED) is 0.833. The number of para-hydroxylation sites is 1. The fraction of sp³-hybridized carbons (Fsp3) is 0.467. The van der Waals surface area contributed by atoms with Crippen molar-refractivity contribution in [3.63, 3.8) is 0 Å². The van der Waals surface area contributed by atoms with E-state index in [-0.39, 0.29) is 0 Å². The molecule has 0 saturated carbocycles. The lowest BCUT2D eigenvalue weighted by atomic mass is 9.98. The van der Waals surface area contributed by atoms with Crippen molar-refractivity contribution in [1.82, 2.24) is 5.32 Å². The van der Waals surface area contributed by atoms with E-state index in [4.69, 9.17) is 21.1 Å². The van der Waals surface area contributed by atoms with Crippen molar-refractivity contribution in [1.29, 1.82) is 0 Å². The van der Waals surface area contributed by atoms with Crippen LogP contribution in [0.4, 0.5) is 4.79 Å². The molecule has 0 aromatic heterocycles. The van der Waals surface area contributed by atoms with Crippen LogP contribution in [0.5, 0.6) is 11.5 Å². The monoisotopic (exact) mass is 326 g/mol. The van der Waals surface area contributed by atoms with Gasteiger partial charge in [0.05, 0.1) is 5.38 Å². The van der Waals surface area contributed by atoms with Crippen LogP contribution in [0.25, 0.3) is 0 Å². The minimum Gasteiger partial charge on any atom is -0.530 e. The summed E-state index contributed by atoms with van der Waals surface area (Å²) in [5.41, 5.74) is 0.358. The maximum atomic E-state index is 12.4. The van der Waals surface area contributed by atoms with Gasteiger partial charge in [-0.1, -0.05) is 19.1 Å². The number of amides is 1. The highest BCUT2D eigenvalue weighted by Gasteiger charge is 2.37. The smallest absolute Gasteiger partial charge is 0.246 e. The first-order valence-corrected chi connectivity index (χ1v) is 7.35. The molecule has 2 atom stereocenters. The maximum absolute atomic E-state index is 12.4. The van der Waals surface area contributed by atoms with Gasteiger partial charge in [0.2, 0.25) is 5.79 Å². The summed E-state index contributed by atoms with van der Waals surface area (Å²) in [5.74, 6) is -0.573. The van der Waals surface area contributed by atoms with Crippen molar-refractivity contribution in [2.75, 3.05) is 0 Å². The predicted molar refractivity (Wildman–Crippen MR) is 78.0 cm³/mol. The van der Waals surface area contributed by atoms with Gasteiger partial charge in [-0.3, -0.25) is 4.79 Å². The molecule has 1 aromatic carbocycles. The molecule has 0 bridgehead atoms. The Morgan fingerprint density at radius 1 is 1.36 bits per heavy atom. The molecule has 0 saturated heterocycles. The van der Waals surface area contributed by atoms with Crippen molar-refractivity contribution < 1.29 is 24.2 Å². The number of rotatable bonds is 5. The number of Topliss-reactive ketones (excluding diaryl/α,β-unsaturated/α-hetero) is 1. The second-order valence-corrected chi connectivity index (χ2v) is 5.95. The number of halogens is 1. The Bertz CT molecular complexity index is 602. The van der Waals surface area contributed by atoms with E-state index in [9.17, 15) is 14.7 Å². The lowest BCUT2D eigenvalue weighted by Crippen LogP contribution is -2.44. The zero-order valence-corrected chi connectivity index (χ0v) is 13.3. The first-order chi connectivity index (χ1) is 10.2. The maximum Gasteiger partial charge on any atom is 0.246 e. The molecule has 1 N–H and O–H groups in total. The van der Waals surface area contributed by atoms with Crippen molar-refractivity contribution >= 4 is 23.5 Å². The van der Waals surface area contributed by atoms with E-state index in [0.29, 0.717) is 23.5 Å². The third-order valence-corrected chi connectivity index (χ3v) is 3.76. The molecule has 2 unspecified atom stereocenters. The number of benzene rings is 1. The Hall–Kier alpha value is -1.95. The summed E-state index contributed by atoms with van der Waals surface area (Å²) in [6, 6.07) is 3.78. The zero-order chi connectivity index (χ0) is 16.5. The number of fused-ring (bicyclic) bond motifs is 1. The number of alkyl halides is 1. The van der Waals surface area contributed by atoms with Gasteiger partial charge in [0.25, 0.3) is 0 Å². The SMILES string of the molecule is CCC(Cl)C(=O)C(NC(=O)[O-])c1cccc2c1OC(C)(C)O2. The summed E-state index contributed by atoms with van der Waals surface area (Å²) in [7, 11) is 0. The van der Waals surface area contributed by atoms with E-state index >= 15 is 0 Å². The van der Waals surface area contributed by atoms with Crippen molar-refractivity contribution in [2.24, 2.45) is 0 Å². The van der Waals surface area contributed by atoms with E-state index in [1.54, 1.807) is 39.0 Å². The van der Waals surface area contributed by atoms with E-state index in [0.717, 1.165) is 0 Å². The summed E-state index contributed by atoms with van der Waals surface area (Å²) >= 11 is 5.98. The number of hydrogen-bond acceptors (Lipinski definition) is 5. The van der Waals surface area contributed by atoms with Crippen LogP contribution in [0.3, 0.4) is 0 Å². The highest BCUT2D eigenvalue weighted by Crippen LogP contribution is 2.44. The molecule has 1 aliphatic rings. The van der Waals surface area contributed by atoms with Crippen LogP contribution in [-0.4, -0.2) is 23.0 Å². The first-order valence-electron chi connectivity index (χ1n) is 6.91. The molecule has 1 amide bonds. The number of ether oxygens (including phenoxy) is 2. The van der Waals surface area contributed by atoms with E-state index in [1.165, 1.54) is 0 Å². The average Bonchev–Trinajstić information content (AvgIpc) is 2.76. The normalized spacial score (nSPS) is 17.6.